The molecule has 1 aromatic rings. The van der Waals surface area contributed by atoms with E-state index in [1.807, 2.05) is 13.8 Å². The molecule has 0 aliphatic carbocycles. The summed E-state index contributed by atoms with van der Waals surface area (Å²) in [5, 5.41) is 16.5. The van der Waals surface area contributed by atoms with Crippen molar-refractivity contribution in [2.75, 3.05) is 0 Å². The zero-order valence-corrected chi connectivity index (χ0v) is 10.8. The number of aliphatic carboxylic acids is 1. The first kappa shape index (κ1) is 13.0. The van der Waals surface area contributed by atoms with E-state index < -0.39 is 5.97 Å². The minimum atomic E-state index is -0.866. The number of aromatic nitrogens is 2. The van der Waals surface area contributed by atoms with Gasteiger partial charge in [0, 0.05) is 6.42 Å². The van der Waals surface area contributed by atoms with Gasteiger partial charge in [-0.1, -0.05) is 6.92 Å². The van der Waals surface area contributed by atoms with Crippen LogP contribution in [0.25, 0.3) is 0 Å². The van der Waals surface area contributed by atoms with Crippen LogP contribution in [0.4, 0.5) is 0 Å². The van der Waals surface area contributed by atoms with Crippen molar-refractivity contribution in [2.45, 2.75) is 51.7 Å². The number of hydrogen-bond acceptors (Lipinski definition) is 5. The first-order valence-corrected chi connectivity index (χ1v) is 6.18. The smallest absolute Gasteiger partial charge is 0.303 e. The lowest BCUT2D eigenvalue weighted by atomic mass is 9.89. The van der Waals surface area contributed by atoms with Gasteiger partial charge in [-0.05, 0) is 19.8 Å². The fraction of sp³-hybridized carbons (Fsp3) is 0.750. The van der Waals surface area contributed by atoms with Gasteiger partial charge in [0.05, 0.1) is 24.5 Å². The summed E-state index contributed by atoms with van der Waals surface area (Å²) in [5.74, 6) is 0.472. The largest absolute Gasteiger partial charge is 0.481 e. The molecule has 6 nitrogen and oxygen atoms in total. The maximum atomic E-state index is 10.5. The third-order valence-electron chi connectivity index (χ3n) is 3.56. The molecule has 1 fully saturated rings. The van der Waals surface area contributed by atoms with Crippen LogP contribution in [0.2, 0.25) is 0 Å². The fourth-order valence-corrected chi connectivity index (χ4v) is 2.41. The standard InChI is InChI=1S/C12H18N2O4/c1-6-7(2)17-8(3)11(6)12-14-13-9(18-12)4-5-10(15)16/h6-8,11H,4-5H2,1-3H3,(H,15,16). The summed E-state index contributed by atoms with van der Waals surface area (Å²) in [6.07, 6.45) is 0.487. The van der Waals surface area contributed by atoms with Crippen molar-refractivity contribution in [3.63, 3.8) is 0 Å². The van der Waals surface area contributed by atoms with Gasteiger partial charge in [-0.25, -0.2) is 0 Å². The quantitative estimate of drug-likeness (QED) is 0.878. The van der Waals surface area contributed by atoms with Crippen LogP contribution in [0.3, 0.4) is 0 Å². The molecule has 2 heterocycles. The van der Waals surface area contributed by atoms with Gasteiger partial charge in [0.25, 0.3) is 0 Å². The molecular formula is C12H18N2O4. The molecule has 1 aliphatic rings. The van der Waals surface area contributed by atoms with Gasteiger partial charge in [0.2, 0.25) is 11.8 Å². The van der Waals surface area contributed by atoms with E-state index in [0.717, 1.165) is 0 Å². The Bertz CT molecular complexity index is 431. The van der Waals surface area contributed by atoms with Crippen molar-refractivity contribution in [1.82, 2.24) is 10.2 Å². The van der Waals surface area contributed by atoms with Gasteiger partial charge >= 0.3 is 5.97 Å². The average molecular weight is 254 g/mol. The number of aryl methyl sites for hydroxylation is 1. The van der Waals surface area contributed by atoms with Crippen LogP contribution >= 0.6 is 0 Å². The molecule has 0 spiro atoms. The molecule has 4 atom stereocenters. The van der Waals surface area contributed by atoms with Crippen molar-refractivity contribution in [1.29, 1.82) is 0 Å². The summed E-state index contributed by atoms with van der Waals surface area (Å²) in [6.45, 7) is 6.12. The van der Waals surface area contributed by atoms with Crippen molar-refractivity contribution < 1.29 is 19.1 Å². The second-order valence-corrected chi connectivity index (χ2v) is 4.86. The van der Waals surface area contributed by atoms with E-state index in [9.17, 15) is 4.79 Å². The lowest BCUT2D eigenvalue weighted by molar-refractivity contribution is -0.137. The maximum absolute atomic E-state index is 10.5. The van der Waals surface area contributed by atoms with Crippen LogP contribution in [0.5, 0.6) is 0 Å². The topological polar surface area (TPSA) is 85.5 Å². The highest BCUT2D eigenvalue weighted by molar-refractivity contribution is 5.66. The van der Waals surface area contributed by atoms with Gasteiger partial charge in [-0.2, -0.15) is 0 Å². The molecule has 6 heteroatoms. The van der Waals surface area contributed by atoms with Crippen molar-refractivity contribution in [3.8, 4) is 0 Å². The van der Waals surface area contributed by atoms with E-state index in [0.29, 0.717) is 17.7 Å². The molecule has 1 aromatic heterocycles. The third kappa shape index (κ3) is 2.53. The molecule has 0 radical (unpaired) electrons. The first-order chi connectivity index (χ1) is 8.49. The molecule has 1 saturated heterocycles. The summed E-state index contributed by atoms with van der Waals surface area (Å²) in [7, 11) is 0. The molecular weight excluding hydrogens is 236 g/mol. The van der Waals surface area contributed by atoms with Crippen molar-refractivity contribution >= 4 is 5.97 Å². The zero-order chi connectivity index (χ0) is 13.3. The number of rotatable bonds is 4. The molecule has 2 rings (SSSR count). The highest BCUT2D eigenvalue weighted by Crippen LogP contribution is 2.39. The number of hydrogen-bond donors (Lipinski definition) is 1. The highest BCUT2D eigenvalue weighted by Gasteiger charge is 2.41. The van der Waals surface area contributed by atoms with E-state index in [1.54, 1.807) is 0 Å². The minimum absolute atomic E-state index is 0.00428. The summed E-state index contributed by atoms with van der Waals surface area (Å²) in [4.78, 5) is 10.5. The summed E-state index contributed by atoms with van der Waals surface area (Å²) in [6, 6.07) is 0. The number of carboxylic acids is 1. The molecule has 0 bridgehead atoms. The van der Waals surface area contributed by atoms with Crippen LogP contribution in [-0.4, -0.2) is 33.5 Å². The Hall–Kier alpha value is -1.43. The Morgan fingerprint density at radius 2 is 2.00 bits per heavy atom. The Kier molecular flexibility index (Phi) is 3.65. The Morgan fingerprint density at radius 1 is 1.28 bits per heavy atom. The second kappa shape index (κ2) is 5.06. The Morgan fingerprint density at radius 3 is 2.56 bits per heavy atom. The molecule has 0 amide bonds. The van der Waals surface area contributed by atoms with Gasteiger partial charge in [-0.3, -0.25) is 4.79 Å². The van der Waals surface area contributed by atoms with Gasteiger partial charge in [-0.15, -0.1) is 10.2 Å². The van der Waals surface area contributed by atoms with Crippen LogP contribution in [0, 0.1) is 5.92 Å². The number of carboxylic acid groups (broad SMARTS) is 1. The normalized spacial score (nSPS) is 31.7. The van der Waals surface area contributed by atoms with E-state index in [4.69, 9.17) is 14.3 Å². The summed E-state index contributed by atoms with van der Waals surface area (Å²) < 4.78 is 11.3. The Balaban J connectivity index is 2.07. The predicted octanol–water partition coefficient (Wildman–Crippen LogP) is 1.61. The van der Waals surface area contributed by atoms with E-state index in [2.05, 4.69) is 17.1 Å². The molecule has 1 aliphatic heterocycles. The summed E-state index contributed by atoms with van der Waals surface area (Å²) in [5.41, 5.74) is 0. The van der Waals surface area contributed by atoms with Gasteiger partial charge in [0.1, 0.15) is 0 Å². The van der Waals surface area contributed by atoms with Crippen LogP contribution in [0.15, 0.2) is 4.42 Å². The SMILES string of the molecule is CC1OC(C)C(c2nnc(CCC(=O)O)o2)C1C. The third-order valence-corrected chi connectivity index (χ3v) is 3.56. The van der Waals surface area contributed by atoms with E-state index >= 15 is 0 Å². The molecule has 0 saturated carbocycles. The zero-order valence-electron chi connectivity index (χ0n) is 10.8. The second-order valence-electron chi connectivity index (χ2n) is 4.86. The van der Waals surface area contributed by atoms with E-state index in [1.165, 1.54) is 0 Å². The maximum Gasteiger partial charge on any atom is 0.303 e. The average Bonchev–Trinajstić information content (AvgIpc) is 2.83. The lowest BCUT2D eigenvalue weighted by Crippen LogP contribution is -2.15. The van der Waals surface area contributed by atoms with Crippen LogP contribution in [-0.2, 0) is 16.0 Å². The van der Waals surface area contributed by atoms with Crippen molar-refractivity contribution in [3.05, 3.63) is 11.8 Å². The molecule has 4 unspecified atom stereocenters. The number of carbonyl (C=O) groups is 1. The number of ether oxygens (including phenoxy) is 1. The fourth-order valence-electron chi connectivity index (χ4n) is 2.41. The molecule has 100 valence electrons. The highest BCUT2D eigenvalue weighted by atomic mass is 16.5. The van der Waals surface area contributed by atoms with Gasteiger partial charge < -0.3 is 14.3 Å². The molecule has 1 N–H and O–H groups in total. The molecule has 0 aromatic carbocycles. The molecule has 18 heavy (non-hydrogen) atoms. The van der Waals surface area contributed by atoms with Crippen LogP contribution < -0.4 is 0 Å². The Labute approximate surface area is 105 Å². The number of nitrogens with zero attached hydrogens (tertiary/aromatic N) is 2. The first-order valence-electron chi connectivity index (χ1n) is 6.18. The summed E-state index contributed by atoms with van der Waals surface area (Å²) >= 11 is 0. The lowest BCUT2D eigenvalue weighted by Gasteiger charge is -2.13. The van der Waals surface area contributed by atoms with Crippen molar-refractivity contribution in [2.24, 2.45) is 5.92 Å². The monoisotopic (exact) mass is 254 g/mol. The van der Waals surface area contributed by atoms with Gasteiger partial charge in [0.15, 0.2) is 0 Å². The predicted molar refractivity (Wildman–Crippen MR) is 62.2 cm³/mol. The minimum Gasteiger partial charge on any atom is -0.481 e. The van der Waals surface area contributed by atoms with Crippen LogP contribution in [0.1, 0.15) is 44.9 Å². The van der Waals surface area contributed by atoms with E-state index in [-0.39, 0.29) is 31.0 Å².